The van der Waals surface area contributed by atoms with Gasteiger partial charge in [-0.05, 0) is 36.4 Å². The molecule has 0 bridgehead atoms. The fraction of sp³-hybridized carbons (Fsp3) is 0.0588. The molecule has 0 radical (unpaired) electrons. The van der Waals surface area contributed by atoms with E-state index >= 15 is 0 Å². The molecule has 1 aliphatic rings. The predicted molar refractivity (Wildman–Crippen MR) is 105 cm³/mol. The standard InChI is InChI=1S/C17H10Cl2FNO2S2/c1-23-14-6-5-9(7-12(14)19)21-16(22)15(25-17(21)24)8-10-11(18)3-2-4-13(10)20/h2-8H,1H3/b15-8-. The van der Waals surface area contributed by atoms with E-state index in [9.17, 15) is 9.18 Å². The molecule has 2 aromatic rings. The smallest absolute Gasteiger partial charge is 0.270 e. The summed E-state index contributed by atoms with van der Waals surface area (Å²) >= 11 is 18.5. The topological polar surface area (TPSA) is 29.5 Å². The van der Waals surface area contributed by atoms with E-state index in [0.29, 0.717) is 20.8 Å². The van der Waals surface area contributed by atoms with Gasteiger partial charge in [0.1, 0.15) is 11.6 Å². The first-order valence-corrected chi connectivity index (χ1v) is 8.96. The fourth-order valence-electron chi connectivity index (χ4n) is 2.26. The van der Waals surface area contributed by atoms with E-state index in [-0.39, 0.29) is 21.4 Å². The lowest BCUT2D eigenvalue weighted by Gasteiger charge is -2.15. The zero-order chi connectivity index (χ0) is 18.1. The first kappa shape index (κ1) is 18.2. The first-order valence-electron chi connectivity index (χ1n) is 6.98. The van der Waals surface area contributed by atoms with Crippen molar-refractivity contribution in [1.82, 2.24) is 0 Å². The summed E-state index contributed by atoms with van der Waals surface area (Å²) < 4.78 is 19.4. The Morgan fingerprint density at radius 2 is 2.00 bits per heavy atom. The largest absolute Gasteiger partial charge is 0.495 e. The monoisotopic (exact) mass is 413 g/mol. The summed E-state index contributed by atoms with van der Waals surface area (Å²) in [6, 6.07) is 9.24. The summed E-state index contributed by atoms with van der Waals surface area (Å²) in [5, 5.41) is 0.577. The van der Waals surface area contributed by atoms with E-state index in [1.165, 1.54) is 30.2 Å². The third-order valence-electron chi connectivity index (χ3n) is 3.46. The molecule has 0 aliphatic carbocycles. The van der Waals surface area contributed by atoms with Crippen molar-refractivity contribution in [2.75, 3.05) is 12.0 Å². The molecule has 0 atom stereocenters. The van der Waals surface area contributed by atoms with Crippen LogP contribution in [0.25, 0.3) is 6.08 Å². The second-order valence-corrected chi connectivity index (χ2v) is 7.46. The van der Waals surface area contributed by atoms with Crippen LogP contribution in [-0.4, -0.2) is 17.3 Å². The highest BCUT2D eigenvalue weighted by Crippen LogP contribution is 2.39. The van der Waals surface area contributed by atoms with Crippen molar-refractivity contribution in [3.05, 3.63) is 62.7 Å². The molecule has 1 saturated heterocycles. The maximum absolute atomic E-state index is 14.0. The molecule has 2 aromatic carbocycles. The lowest BCUT2D eigenvalue weighted by atomic mass is 10.2. The lowest BCUT2D eigenvalue weighted by Crippen LogP contribution is -2.27. The van der Waals surface area contributed by atoms with E-state index in [0.717, 1.165) is 11.8 Å². The van der Waals surface area contributed by atoms with Gasteiger partial charge in [0.05, 0.1) is 27.7 Å². The highest BCUT2D eigenvalue weighted by Gasteiger charge is 2.34. The van der Waals surface area contributed by atoms with Crippen LogP contribution in [0.3, 0.4) is 0 Å². The van der Waals surface area contributed by atoms with E-state index in [2.05, 4.69) is 0 Å². The van der Waals surface area contributed by atoms with Gasteiger partial charge >= 0.3 is 0 Å². The highest BCUT2D eigenvalue weighted by atomic mass is 35.5. The Bertz CT molecular complexity index is 897. The highest BCUT2D eigenvalue weighted by molar-refractivity contribution is 8.27. The molecule has 3 nitrogen and oxygen atoms in total. The summed E-state index contributed by atoms with van der Waals surface area (Å²) in [7, 11) is 1.50. The second kappa shape index (κ2) is 7.33. The zero-order valence-corrected chi connectivity index (χ0v) is 15.9. The Hall–Kier alpha value is -1.60. The second-order valence-electron chi connectivity index (χ2n) is 4.97. The van der Waals surface area contributed by atoms with E-state index in [1.807, 2.05) is 0 Å². The van der Waals surface area contributed by atoms with Gasteiger partial charge in [0, 0.05) is 5.56 Å². The van der Waals surface area contributed by atoms with Gasteiger partial charge in [-0.25, -0.2) is 4.39 Å². The number of anilines is 1. The van der Waals surface area contributed by atoms with Gasteiger partial charge in [-0.1, -0.05) is 53.2 Å². The van der Waals surface area contributed by atoms with Gasteiger partial charge in [-0.2, -0.15) is 0 Å². The molecule has 3 rings (SSSR count). The molecule has 0 aromatic heterocycles. The van der Waals surface area contributed by atoms with Crippen LogP contribution >= 0.6 is 47.2 Å². The molecule has 0 saturated carbocycles. The summed E-state index contributed by atoms with van der Waals surface area (Å²) in [6.07, 6.45) is 1.40. The predicted octanol–water partition coefficient (Wildman–Crippen LogP) is 5.55. The zero-order valence-electron chi connectivity index (χ0n) is 12.8. The minimum Gasteiger partial charge on any atom is -0.495 e. The summed E-state index contributed by atoms with van der Waals surface area (Å²) in [5.41, 5.74) is 0.661. The van der Waals surface area contributed by atoms with Gasteiger partial charge in [0.2, 0.25) is 0 Å². The number of amides is 1. The van der Waals surface area contributed by atoms with Crippen molar-refractivity contribution in [2.45, 2.75) is 0 Å². The molecule has 1 aliphatic heterocycles. The van der Waals surface area contributed by atoms with Crippen LogP contribution in [0.5, 0.6) is 5.75 Å². The van der Waals surface area contributed by atoms with Crippen molar-refractivity contribution in [3.63, 3.8) is 0 Å². The number of carbonyl (C=O) groups is 1. The molecular weight excluding hydrogens is 404 g/mol. The number of carbonyl (C=O) groups excluding carboxylic acids is 1. The molecule has 8 heteroatoms. The third-order valence-corrected chi connectivity index (χ3v) is 5.39. The number of benzene rings is 2. The molecule has 25 heavy (non-hydrogen) atoms. The van der Waals surface area contributed by atoms with Crippen LogP contribution in [0, 0.1) is 5.82 Å². The number of hydrogen-bond acceptors (Lipinski definition) is 4. The quantitative estimate of drug-likeness (QED) is 0.487. The van der Waals surface area contributed by atoms with Crippen molar-refractivity contribution >= 4 is 69.2 Å². The maximum Gasteiger partial charge on any atom is 0.270 e. The number of thioether (sulfide) groups is 1. The van der Waals surface area contributed by atoms with E-state index < -0.39 is 5.82 Å². The van der Waals surface area contributed by atoms with Gasteiger partial charge in [-0.15, -0.1) is 0 Å². The Morgan fingerprint density at radius 1 is 1.24 bits per heavy atom. The Balaban J connectivity index is 1.98. The summed E-state index contributed by atoms with van der Waals surface area (Å²) in [5.74, 6) is -0.384. The van der Waals surface area contributed by atoms with Gasteiger partial charge in [0.25, 0.3) is 5.91 Å². The van der Waals surface area contributed by atoms with Crippen molar-refractivity contribution in [2.24, 2.45) is 0 Å². The number of thiocarbonyl (C=S) groups is 1. The summed E-state index contributed by atoms with van der Waals surface area (Å²) in [4.78, 5) is 14.3. The number of halogens is 3. The lowest BCUT2D eigenvalue weighted by molar-refractivity contribution is -0.113. The van der Waals surface area contributed by atoms with Crippen LogP contribution in [0.4, 0.5) is 10.1 Å². The van der Waals surface area contributed by atoms with Crippen molar-refractivity contribution in [1.29, 1.82) is 0 Å². The molecule has 0 spiro atoms. The minimum absolute atomic E-state index is 0.150. The van der Waals surface area contributed by atoms with Crippen LogP contribution in [0.15, 0.2) is 41.3 Å². The Kier molecular flexibility index (Phi) is 5.34. The van der Waals surface area contributed by atoms with Gasteiger partial charge in [-0.3, -0.25) is 9.69 Å². The van der Waals surface area contributed by atoms with Crippen LogP contribution in [0.1, 0.15) is 5.56 Å². The van der Waals surface area contributed by atoms with Crippen LogP contribution in [0.2, 0.25) is 10.0 Å². The van der Waals surface area contributed by atoms with Crippen molar-refractivity contribution in [3.8, 4) is 5.75 Å². The molecule has 0 unspecified atom stereocenters. The van der Waals surface area contributed by atoms with E-state index in [1.54, 1.807) is 24.3 Å². The third kappa shape index (κ3) is 3.53. The molecular formula is C17H10Cl2FNO2S2. The molecule has 1 amide bonds. The fourth-order valence-corrected chi connectivity index (χ4v) is 4.01. The minimum atomic E-state index is -0.509. The van der Waals surface area contributed by atoms with Crippen LogP contribution in [-0.2, 0) is 4.79 Å². The first-order chi connectivity index (χ1) is 11.9. The van der Waals surface area contributed by atoms with Crippen molar-refractivity contribution < 1.29 is 13.9 Å². The molecule has 1 heterocycles. The van der Waals surface area contributed by atoms with Crippen LogP contribution < -0.4 is 9.64 Å². The van der Waals surface area contributed by atoms with E-state index in [4.69, 9.17) is 40.2 Å². The molecule has 128 valence electrons. The number of hydrogen-bond donors (Lipinski definition) is 0. The Labute approximate surface area is 163 Å². The SMILES string of the molecule is COc1ccc(N2C(=O)/C(=C/c3c(F)cccc3Cl)SC2=S)cc1Cl. The average molecular weight is 414 g/mol. The molecule has 1 fully saturated rings. The van der Waals surface area contributed by atoms with Gasteiger partial charge in [0.15, 0.2) is 4.32 Å². The number of rotatable bonds is 3. The number of ether oxygens (including phenoxy) is 1. The van der Waals surface area contributed by atoms with Gasteiger partial charge < -0.3 is 4.74 Å². The molecule has 0 N–H and O–H groups in total. The average Bonchev–Trinajstić information content (AvgIpc) is 2.85. The summed E-state index contributed by atoms with van der Waals surface area (Å²) in [6.45, 7) is 0. The Morgan fingerprint density at radius 3 is 2.64 bits per heavy atom. The normalized spacial score (nSPS) is 16.0. The number of methoxy groups -OCH3 is 1. The maximum atomic E-state index is 14.0. The number of nitrogens with zero attached hydrogens (tertiary/aromatic N) is 1.